The summed E-state index contributed by atoms with van der Waals surface area (Å²) in [6.07, 6.45) is 5.74. The molecule has 2 amide bonds. The minimum Gasteiger partial charge on any atom is -0.376 e. The highest BCUT2D eigenvalue weighted by Gasteiger charge is 2.18. The zero-order valence-electron chi connectivity index (χ0n) is 17.5. The number of imidazole rings is 1. The van der Waals surface area contributed by atoms with E-state index in [1.54, 1.807) is 42.6 Å². The number of anilines is 1. The van der Waals surface area contributed by atoms with Gasteiger partial charge < -0.3 is 19.9 Å². The summed E-state index contributed by atoms with van der Waals surface area (Å²) in [7, 11) is 0. The largest absolute Gasteiger partial charge is 0.376 e. The molecule has 0 spiro atoms. The number of carbonyl (C=O) groups excluding carboxylic acids is 2. The molecule has 7 heteroatoms. The maximum absolute atomic E-state index is 12.8. The highest BCUT2D eigenvalue weighted by atomic mass is 16.5. The minimum atomic E-state index is -0.260. The molecule has 1 aliphatic rings. The molecular weight excluding hydrogens is 392 g/mol. The van der Waals surface area contributed by atoms with Crippen molar-refractivity contribution in [1.82, 2.24) is 14.9 Å². The second-order valence-electron chi connectivity index (χ2n) is 7.64. The Bertz CT molecular complexity index is 1050. The van der Waals surface area contributed by atoms with Crippen molar-refractivity contribution in [2.75, 3.05) is 18.5 Å². The molecule has 0 radical (unpaired) electrons. The number of nitrogens with zero attached hydrogens (tertiary/aromatic N) is 2. The molecule has 1 saturated heterocycles. The molecule has 1 fully saturated rings. The molecule has 2 N–H and O–H groups in total. The van der Waals surface area contributed by atoms with Gasteiger partial charge in [0.1, 0.15) is 5.82 Å². The van der Waals surface area contributed by atoms with Crippen molar-refractivity contribution in [2.45, 2.75) is 32.4 Å². The van der Waals surface area contributed by atoms with Crippen LogP contribution < -0.4 is 10.6 Å². The van der Waals surface area contributed by atoms with Crippen LogP contribution in [0.15, 0.2) is 60.9 Å². The summed E-state index contributed by atoms with van der Waals surface area (Å²) in [4.78, 5) is 29.6. The molecule has 2 heterocycles. The van der Waals surface area contributed by atoms with Crippen LogP contribution in [-0.2, 0) is 11.3 Å². The monoisotopic (exact) mass is 418 g/mol. The van der Waals surface area contributed by atoms with E-state index in [-0.39, 0.29) is 17.9 Å². The van der Waals surface area contributed by atoms with Crippen molar-refractivity contribution in [3.63, 3.8) is 0 Å². The number of para-hydroxylation sites is 1. The van der Waals surface area contributed by atoms with Gasteiger partial charge in [-0.2, -0.15) is 0 Å². The third kappa shape index (κ3) is 5.19. The van der Waals surface area contributed by atoms with Gasteiger partial charge in [0.25, 0.3) is 11.8 Å². The third-order valence-electron chi connectivity index (χ3n) is 5.43. The molecular formula is C24H26N4O3. The van der Waals surface area contributed by atoms with Crippen molar-refractivity contribution in [2.24, 2.45) is 0 Å². The zero-order chi connectivity index (χ0) is 21.6. The van der Waals surface area contributed by atoms with E-state index in [4.69, 9.17) is 4.74 Å². The molecule has 3 aromatic rings. The Kier molecular flexibility index (Phi) is 6.43. The molecule has 1 aliphatic heterocycles. The van der Waals surface area contributed by atoms with E-state index in [9.17, 15) is 9.59 Å². The summed E-state index contributed by atoms with van der Waals surface area (Å²) in [5.41, 5.74) is 2.52. The predicted molar refractivity (Wildman–Crippen MR) is 118 cm³/mol. The van der Waals surface area contributed by atoms with Gasteiger partial charge in [0.05, 0.1) is 17.4 Å². The van der Waals surface area contributed by atoms with E-state index in [2.05, 4.69) is 15.6 Å². The lowest BCUT2D eigenvalue weighted by atomic mass is 10.1. The Morgan fingerprint density at radius 1 is 1.13 bits per heavy atom. The third-order valence-corrected chi connectivity index (χ3v) is 5.43. The average Bonchev–Trinajstić information content (AvgIpc) is 3.45. The quantitative estimate of drug-likeness (QED) is 0.616. The predicted octanol–water partition coefficient (Wildman–Crippen LogP) is 3.40. The normalized spacial score (nSPS) is 15.6. The molecule has 1 atom stereocenters. The van der Waals surface area contributed by atoms with Crippen molar-refractivity contribution < 1.29 is 14.3 Å². The van der Waals surface area contributed by atoms with Gasteiger partial charge in [-0.25, -0.2) is 4.98 Å². The van der Waals surface area contributed by atoms with Crippen LogP contribution in [0.2, 0.25) is 0 Å². The first kappa shape index (κ1) is 20.8. The molecule has 1 unspecified atom stereocenters. The van der Waals surface area contributed by atoms with E-state index < -0.39 is 0 Å². The first-order chi connectivity index (χ1) is 15.1. The molecule has 31 heavy (non-hydrogen) atoms. The van der Waals surface area contributed by atoms with Crippen LogP contribution in [0.5, 0.6) is 0 Å². The van der Waals surface area contributed by atoms with Crippen LogP contribution in [0, 0.1) is 6.92 Å². The van der Waals surface area contributed by atoms with Crippen LogP contribution in [0.1, 0.15) is 44.9 Å². The summed E-state index contributed by atoms with van der Waals surface area (Å²) in [5.74, 6) is 0.457. The van der Waals surface area contributed by atoms with E-state index in [0.29, 0.717) is 29.9 Å². The number of hydrogen-bond acceptors (Lipinski definition) is 4. The Morgan fingerprint density at radius 2 is 1.94 bits per heavy atom. The lowest BCUT2D eigenvalue weighted by Crippen LogP contribution is -2.32. The van der Waals surface area contributed by atoms with Crippen LogP contribution >= 0.6 is 0 Å². The summed E-state index contributed by atoms with van der Waals surface area (Å²) >= 11 is 0. The zero-order valence-corrected chi connectivity index (χ0v) is 17.5. The molecule has 0 aliphatic carbocycles. The van der Waals surface area contributed by atoms with E-state index in [1.165, 1.54) is 0 Å². The van der Waals surface area contributed by atoms with Gasteiger partial charge in [-0.05, 0) is 49.6 Å². The average molecular weight is 418 g/mol. The Balaban J connectivity index is 1.40. The van der Waals surface area contributed by atoms with E-state index >= 15 is 0 Å². The summed E-state index contributed by atoms with van der Waals surface area (Å²) in [5, 5.41) is 5.77. The molecule has 0 bridgehead atoms. The van der Waals surface area contributed by atoms with Gasteiger partial charge >= 0.3 is 0 Å². The van der Waals surface area contributed by atoms with Crippen molar-refractivity contribution in [1.29, 1.82) is 0 Å². The van der Waals surface area contributed by atoms with Gasteiger partial charge in [0.15, 0.2) is 0 Å². The number of hydrogen-bond donors (Lipinski definition) is 2. The summed E-state index contributed by atoms with van der Waals surface area (Å²) in [6, 6.07) is 14.4. The van der Waals surface area contributed by atoms with Crippen molar-refractivity contribution in [3.05, 3.63) is 83.4 Å². The second-order valence-corrected chi connectivity index (χ2v) is 7.64. The minimum absolute atomic E-state index is 0.0651. The fraction of sp³-hybridized carbons (Fsp3) is 0.292. The number of aromatic nitrogens is 2. The molecule has 160 valence electrons. The number of amides is 2. The number of rotatable bonds is 7. The maximum atomic E-state index is 12.8. The summed E-state index contributed by atoms with van der Waals surface area (Å²) < 4.78 is 7.59. The Hall–Kier alpha value is -3.45. The van der Waals surface area contributed by atoms with Crippen molar-refractivity contribution >= 4 is 17.5 Å². The van der Waals surface area contributed by atoms with Crippen LogP contribution in [0.3, 0.4) is 0 Å². The second kappa shape index (κ2) is 9.57. The van der Waals surface area contributed by atoms with Crippen molar-refractivity contribution in [3.8, 4) is 0 Å². The summed E-state index contributed by atoms with van der Waals surface area (Å²) in [6.45, 7) is 3.87. The smallest absolute Gasteiger partial charge is 0.255 e. The Morgan fingerprint density at radius 3 is 2.65 bits per heavy atom. The molecule has 4 rings (SSSR count). The fourth-order valence-electron chi connectivity index (χ4n) is 3.62. The fourth-order valence-corrected chi connectivity index (χ4v) is 3.62. The number of benzene rings is 2. The van der Waals surface area contributed by atoms with Gasteiger partial charge in [-0.15, -0.1) is 0 Å². The number of ether oxygens (including phenoxy) is 1. The van der Waals surface area contributed by atoms with Gasteiger partial charge in [-0.3, -0.25) is 9.59 Å². The van der Waals surface area contributed by atoms with E-state index in [1.807, 2.05) is 29.8 Å². The van der Waals surface area contributed by atoms with Gasteiger partial charge in [0.2, 0.25) is 0 Å². The molecule has 1 aromatic heterocycles. The highest BCUT2D eigenvalue weighted by Crippen LogP contribution is 2.18. The van der Waals surface area contributed by atoms with E-state index in [0.717, 1.165) is 30.8 Å². The SMILES string of the molecule is Cc1nccn1Cc1ccc(C(=O)Nc2ccccc2C(=O)NCC2CCCO2)cc1. The molecule has 2 aromatic carbocycles. The maximum Gasteiger partial charge on any atom is 0.255 e. The number of nitrogens with one attached hydrogen (secondary N) is 2. The lowest BCUT2D eigenvalue weighted by Gasteiger charge is -2.14. The van der Waals surface area contributed by atoms with Gasteiger partial charge in [-0.1, -0.05) is 24.3 Å². The molecule has 0 saturated carbocycles. The Labute approximate surface area is 181 Å². The van der Waals surface area contributed by atoms with Gasteiger partial charge in [0, 0.05) is 37.7 Å². The first-order valence-electron chi connectivity index (χ1n) is 10.5. The number of carbonyl (C=O) groups is 2. The highest BCUT2D eigenvalue weighted by molar-refractivity contribution is 6.09. The number of aryl methyl sites for hydroxylation is 1. The standard InChI is InChI=1S/C24H26N4O3/c1-17-25-12-13-28(17)16-18-8-10-19(11-9-18)23(29)27-22-7-3-2-6-21(22)24(30)26-15-20-5-4-14-31-20/h2-3,6-13,20H,4-5,14-16H2,1H3,(H,26,30)(H,27,29). The molecule has 7 nitrogen and oxygen atoms in total. The van der Waals surface area contributed by atoms with Crippen LogP contribution in [0.25, 0.3) is 0 Å². The lowest BCUT2D eigenvalue weighted by molar-refractivity contribution is 0.0858. The first-order valence-corrected chi connectivity index (χ1v) is 10.5. The topological polar surface area (TPSA) is 85.2 Å². The van der Waals surface area contributed by atoms with Crippen LogP contribution in [-0.4, -0.2) is 40.6 Å². The van der Waals surface area contributed by atoms with Crippen LogP contribution in [0.4, 0.5) is 5.69 Å².